The van der Waals surface area contributed by atoms with E-state index in [1.807, 2.05) is 18.2 Å². The highest BCUT2D eigenvalue weighted by atomic mass is 15.2. The van der Waals surface area contributed by atoms with Gasteiger partial charge in [-0.3, -0.25) is 4.98 Å². The molecular formula is C22H24N6. The average Bonchev–Trinajstić information content (AvgIpc) is 3.23. The van der Waals surface area contributed by atoms with E-state index in [1.54, 1.807) is 10.7 Å². The number of piperidine rings is 1. The number of nitrogens with one attached hydrogen (secondary N) is 1. The van der Waals surface area contributed by atoms with Crippen LogP contribution in [0.2, 0.25) is 0 Å². The van der Waals surface area contributed by atoms with Gasteiger partial charge in [0.05, 0.1) is 23.1 Å². The van der Waals surface area contributed by atoms with Crippen LogP contribution in [0.3, 0.4) is 0 Å². The zero-order valence-corrected chi connectivity index (χ0v) is 16.1. The van der Waals surface area contributed by atoms with Crippen LogP contribution in [0.1, 0.15) is 54.2 Å². The largest absolute Gasteiger partial charge is 0.365 e. The van der Waals surface area contributed by atoms with E-state index in [2.05, 4.69) is 40.4 Å². The van der Waals surface area contributed by atoms with Crippen LogP contribution in [0.5, 0.6) is 0 Å². The molecule has 5 heterocycles. The summed E-state index contributed by atoms with van der Waals surface area (Å²) in [5.41, 5.74) is 6.48. The molecule has 1 saturated heterocycles. The fourth-order valence-electron chi connectivity index (χ4n) is 4.65. The number of hydrogen-bond acceptors (Lipinski definition) is 5. The molecule has 28 heavy (non-hydrogen) atoms. The molecule has 0 bridgehead atoms. The molecule has 0 amide bonds. The topological polar surface area (TPSA) is 69.2 Å². The highest BCUT2D eigenvalue weighted by molar-refractivity contribution is 5.74. The normalized spacial score (nSPS) is 20.1. The van der Waals surface area contributed by atoms with Crippen LogP contribution in [0.4, 0.5) is 5.69 Å². The van der Waals surface area contributed by atoms with Gasteiger partial charge >= 0.3 is 0 Å². The monoisotopic (exact) mass is 372 g/mol. The highest BCUT2D eigenvalue weighted by Crippen LogP contribution is 2.34. The Balaban J connectivity index is 1.48. The molecule has 0 radical (unpaired) electrons. The summed E-state index contributed by atoms with van der Waals surface area (Å²) in [5.74, 6) is 0.950. The number of fused-ring (bicyclic) bond motifs is 2. The molecule has 5 rings (SSSR count). The van der Waals surface area contributed by atoms with Gasteiger partial charge in [-0.2, -0.15) is 10.4 Å². The Kier molecular flexibility index (Phi) is 4.25. The molecule has 142 valence electrons. The minimum atomic E-state index is 0.365. The maximum Gasteiger partial charge on any atom is 0.142 e. The molecule has 1 atom stereocenters. The summed E-state index contributed by atoms with van der Waals surface area (Å²) in [7, 11) is 0. The minimum Gasteiger partial charge on any atom is -0.365 e. The zero-order valence-electron chi connectivity index (χ0n) is 16.1. The maximum absolute atomic E-state index is 9.32. The number of aromatic nitrogens is 3. The summed E-state index contributed by atoms with van der Waals surface area (Å²) in [6.07, 6.45) is 4.11. The van der Waals surface area contributed by atoms with Crippen LogP contribution in [0.15, 0.2) is 36.5 Å². The second-order valence-electron chi connectivity index (χ2n) is 7.93. The van der Waals surface area contributed by atoms with E-state index < -0.39 is 0 Å². The summed E-state index contributed by atoms with van der Waals surface area (Å²) in [6, 6.07) is 12.6. The minimum absolute atomic E-state index is 0.365. The van der Waals surface area contributed by atoms with Crippen molar-refractivity contribution < 1.29 is 0 Å². The fraction of sp³-hybridized carbons (Fsp3) is 0.409. The Labute approximate surface area is 164 Å². The van der Waals surface area contributed by atoms with Gasteiger partial charge in [-0.25, -0.2) is 4.52 Å². The third-order valence-corrected chi connectivity index (χ3v) is 6.10. The van der Waals surface area contributed by atoms with Crippen LogP contribution in [0.25, 0.3) is 5.52 Å². The van der Waals surface area contributed by atoms with Gasteiger partial charge in [0.1, 0.15) is 11.8 Å². The number of pyridine rings is 2. The van der Waals surface area contributed by atoms with Crippen LogP contribution in [-0.2, 0) is 6.54 Å². The van der Waals surface area contributed by atoms with E-state index in [9.17, 15) is 5.26 Å². The smallest absolute Gasteiger partial charge is 0.142 e. The van der Waals surface area contributed by atoms with E-state index in [-0.39, 0.29) is 0 Å². The Morgan fingerprint density at radius 3 is 2.82 bits per heavy atom. The molecule has 3 aromatic heterocycles. The molecule has 1 fully saturated rings. The Morgan fingerprint density at radius 2 is 2.00 bits per heavy atom. The summed E-state index contributed by atoms with van der Waals surface area (Å²) >= 11 is 0. The SMILES string of the molecule is C[C@@H]1CN(c2ccc(C#N)n3nccc23)Cc2ccc(C3CCNCC3)nc21. The van der Waals surface area contributed by atoms with Crippen molar-refractivity contribution in [3.05, 3.63) is 59.2 Å². The van der Waals surface area contributed by atoms with Gasteiger partial charge in [-0.15, -0.1) is 0 Å². The number of hydrogen-bond donors (Lipinski definition) is 1. The first-order chi connectivity index (χ1) is 13.7. The summed E-state index contributed by atoms with van der Waals surface area (Å²) in [4.78, 5) is 7.50. The second kappa shape index (κ2) is 6.92. The lowest BCUT2D eigenvalue weighted by atomic mass is 9.90. The van der Waals surface area contributed by atoms with E-state index in [0.717, 1.165) is 37.4 Å². The molecule has 2 aliphatic heterocycles. The zero-order chi connectivity index (χ0) is 19.1. The standard InChI is InChI=1S/C22H24N6/c1-15-13-27(20-5-3-18(12-23)28-21(20)8-11-25-28)14-17-2-4-19(26-22(15)17)16-6-9-24-10-7-16/h2-5,8,11,15-16,24H,6-7,9-10,13-14H2,1H3/t15-/m1/s1. The van der Waals surface area contributed by atoms with E-state index in [0.29, 0.717) is 17.5 Å². The first kappa shape index (κ1) is 17.2. The van der Waals surface area contributed by atoms with Crippen molar-refractivity contribution in [2.45, 2.75) is 38.1 Å². The number of nitrogens with zero attached hydrogens (tertiary/aromatic N) is 5. The molecular weight excluding hydrogens is 348 g/mol. The molecule has 6 heteroatoms. The van der Waals surface area contributed by atoms with Crippen molar-refractivity contribution in [3.63, 3.8) is 0 Å². The molecule has 1 N–H and O–H groups in total. The molecule has 2 aliphatic rings. The molecule has 0 unspecified atom stereocenters. The van der Waals surface area contributed by atoms with Gasteiger partial charge in [-0.1, -0.05) is 13.0 Å². The van der Waals surface area contributed by atoms with Gasteiger partial charge in [0.25, 0.3) is 0 Å². The number of nitriles is 1. The third kappa shape index (κ3) is 2.83. The molecule has 0 aromatic carbocycles. The fourth-order valence-corrected chi connectivity index (χ4v) is 4.65. The van der Waals surface area contributed by atoms with Gasteiger partial charge < -0.3 is 10.2 Å². The van der Waals surface area contributed by atoms with Gasteiger partial charge in [0, 0.05) is 30.6 Å². The maximum atomic E-state index is 9.32. The van der Waals surface area contributed by atoms with Gasteiger partial charge in [0.15, 0.2) is 0 Å². The van der Waals surface area contributed by atoms with Crippen molar-refractivity contribution in [2.75, 3.05) is 24.5 Å². The van der Waals surface area contributed by atoms with Crippen LogP contribution in [0, 0.1) is 11.3 Å². The highest BCUT2D eigenvalue weighted by Gasteiger charge is 2.27. The van der Waals surface area contributed by atoms with Crippen molar-refractivity contribution in [2.24, 2.45) is 0 Å². The van der Waals surface area contributed by atoms with E-state index in [1.165, 1.54) is 29.8 Å². The van der Waals surface area contributed by atoms with Crippen molar-refractivity contribution >= 4 is 11.2 Å². The predicted molar refractivity (Wildman–Crippen MR) is 108 cm³/mol. The molecule has 0 saturated carbocycles. The summed E-state index contributed by atoms with van der Waals surface area (Å²) in [5, 5.41) is 17.1. The predicted octanol–water partition coefficient (Wildman–Crippen LogP) is 3.19. The van der Waals surface area contributed by atoms with Gasteiger partial charge in [-0.05, 0) is 55.8 Å². The molecule has 6 nitrogen and oxygen atoms in total. The lowest BCUT2D eigenvalue weighted by Crippen LogP contribution is -2.34. The van der Waals surface area contributed by atoms with Crippen molar-refractivity contribution in [1.82, 2.24) is 19.9 Å². The summed E-state index contributed by atoms with van der Waals surface area (Å²) in [6.45, 7) is 6.20. The van der Waals surface area contributed by atoms with Crippen molar-refractivity contribution in [1.29, 1.82) is 5.26 Å². The van der Waals surface area contributed by atoms with Crippen LogP contribution in [-0.4, -0.2) is 34.2 Å². The molecule has 0 aliphatic carbocycles. The first-order valence-electron chi connectivity index (χ1n) is 10.1. The Morgan fingerprint density at radius 1 is 1.14 bits per heavy atom. The summed E-state index contributed by atoms with van der Waals surface area (Å²) < 4.78 is 1.73. The second-order valence-corrected chi connectivity index (χ2v) is 7.93. The van der Waals surface area contributed by atoms with Crippen molar-refractivity contribution in [3.8, 4) is 6.07 Å². The Hall–Kier alpha value is -2.91. The third-order valence-electron chi connectivity index (χ3n) is 6.10. The average molecular weight is 372 g/mol. The molecule has 3 aromatic rings. The van der Waals surface area contributed by atoms with Crippen LogP contribution >= 0.6 is 0 Å². The quantitative estimate of drug-likeness (QED) is 0.748. The van der Waals surface area contributed by atoms with E-state index >= 15 is 0 Å². The molecule has 0 spiro atoms. The number of rotatable bonds is 2. The lowest BCUT2D eigenvalue weighted by Gasteiger charge is -2.35. The van der Waals surface area contributed by atoms with E-state index in [4.69, 9.17) is 4.98 Å². The lowest BCUT2D eigenvalue weighted by molar-refractivity contribution is 0.450. The Bertz CT molecular complexity index is 1060. The van der Waals surface area contributed by atoms with Crippen LogP contribution < -0.4 is 10.2 Å². The van der Waals surface area contributed by atoms with Gasteiger partial charge in [0.2, 0.25) is 0 Å². The first-order valence-corrected chi connectivity index (χ1v) is 10.1. The number of anilines is 1.